The number of anilines is 2. The number of rotatable bonds is 5. The lowest BCUT2D eigenvalue weighted by Gasteiger charge is -2.32. The molecule has 1 saturated heterocycles. The maximum Gasteiger partial charge on any atom is 0.262 e. The molecule has 1 aliphatic rings. The lowest BCUT2D eigenvalue weighted by atomic mass is 10.1. The molecule has 10 heteroatoms. The number of nitrogens with one attached hydrogen (secondary N) is 1. The third-order valence-electron chi connectivity index (χ3n) is 5.84. The van der Waals surface area contributed by atoms with Gasteiger partial charge >= 0.3 is 0 Å². The molecular weight excluding hydrogens is 472 g/mol. The van der Waals surface area contributed by atoms with Crippen LogP contribution in [-0.4, -0.2) is 39.1 Å². The van der Waals surface area contributed by atoms with Crippen LogP contribution in [0.25, 0.3) is 22.3 Å². The molecule has 4 aromatic rings. The van der Waals surface area contributed by atoms with Crippen molar-refractivity contribution < 1.29 is 16.8 Å². The fourth-order valence-corrected chi connectivity index (χ4v) is 6.33. The van der Waals surface area contributed by atoms with E-state index in [-0.39, 0.29) is 10.6 Å². The quantitative estimate of drug-likeness (QED) is 0.451. The highest BCUT2D eigenvalue weighted by atomic mass is 32.2. The smallest absolute Gasteiger partial charge is 0.262 e. The van der Waals surface area contributed by atoms with Crippen molar-refractivity contribution in [2.45, 2.75) is 18.7 Å². The Balaban J connectivity index is 1.46. The first-order valence-electron chi connectivity index (χ1n) is 10.6. The zero-order valence-corrected chi connectivity index (χ0v) is 20.2. The highest BCUT2D eigenvalue weighted by Gasteiger charge is 2.33. The number of sulfonamides is 2. The van der Waals surface area contributed by atoms with E-state index in [1.165, 1.54) is 16.4 Å². The van der Waals surface area contributed by atoms with E-state index in [1.54, 1.807) is 31.3 Å². The molecule has 5 rings (SSSR count). The van der Waals surface area contributed by atoms with Gasteiger partial charge in [0.25, 0.3) is 10.0 Å². The topological polar surface area (TPSA) is 109 Å². The van der Waals surface area contributed by atoms with Crippen molar-refractivity contribution in [1.29, 1.82) is 0 Å². The molecule has 0 radical (unpaired) electrons. The summed E-state index contributed by atoms with van der Waals surface area (Å²) in [7, 11) is -7.19. The lowest BCUT2D eigenvalue weighted by Crippen LogP contribution is -2.47. The van der Waals surface area contributed by atoms with Gasteiger partial charge in [-0.25, -0.2) is 26.8 Å². The Morgan fingerprint density at radius 3 is 2.47 bits per heavy atom. The van der Waals surface area contributed by atoms with Crippen molar-refractivity contribution in [3.8, 4) is 11.4 Å². The second-order valence-electron chi connectivity index (χ2n) is 8.23. The van der Waals surface area contributed by atoms with Crippen LogP contribution >= 0.6 is 0 Å². The van der Waals surface area contributed by atoms with Crippen LogP contribution in [0.1, 0.15) is 11.1 Å². The fraction of sp³-hybridized carbons (Fsp3) is 0.167. The maximum atomic E-state index is 13.1. The van der Waals surface area contributed by atoms with Gasteiger partial charge in [-0.1, -0.05) is 24.3 Å². The van der Waals surface area contributed by atoms with Gasteiger partial charge < -0.3 is 0 Å². The summed E-state index contributed by atoms with van der Waals surface area (Å²) in [5, 5.41) is 0.922. The number of benzene rings is 3. The van der Waals surface area contributed by atoms with Gasteiger partial charge in [0, 0.05) is 29.4 Å². The molecule has 8 nitrogen and oxygen atoms in total. The molecule has 1 N–H and O–H groups in total. The zero-order valence-electron chi connectivity index (χ0n) is 18.6. The van der Waals surface area contributed by atoms with Gasteiger partial charge in [0.1, 0.15) is 0 Å². The molecule has 0 aliphatic carbocycles. The van der Waals surface area contributed by atoms with Crippen LogP contribution in [0.4, 0.5) is 11.4 Å². The lowest BCUT2D eigenvalue weighted by molar-refractivity contribution is 0.578. The molecule has 0 amide bonds. The van der Waals surface area contributed by atoms with Crippen molar-refractivity contribution in [1.82, 2.24) is 9.97 Å². The Morgan fingerprint density at radius 1 is 0.971 bits per heavy atom. The molecule has 0 bridgehead atoms. The summed E-state index contributed by atoms with van der Waals surface area (Å²) < 4.78 is 54.0. The van der Waals surface area contributed by atoms with Crippen LogP contribution in [0.3, 0.4) is 0 Å². The van der Waals surface area contributed by atoms with E-state index in [4.69, 9.17) is 0 Å². The van der Waals surface area contributed by atoms with E-state index in [2.05, 4.69) is 14.7 Å². The first kappa shape index (κ1) is 22.3. The second-order valence-corrected chi connectivity index (χ2v) is 11.9. The molecule has 0 unspecified atom stereocenters. The molecule has 1 fully saturated rings. The number of para-hydroxylation sites is 1. The molecule has 0 atom stereocenters. The molecule has 0 spiro atoms. The van der Waals surface area contributed by atoms with Gasteiger partial charge in [-0.15, -0.1) is 0 Å². The number of fused-ring (bicyclic) bond motifs is 1. The minimum absolute atomic E-state index is 0.0817. The van der Waals surface area contributed by atoms with E-state index in [0.717, 1.165) is 22.0 Å². The molecule has 1 aliphatic heterocycles. The number of nitrogens with zero attached hydrogens (tertiary/aromatic N) is 3. The second kappa shape index (κ2) is 8.07. The van der Waals surface area contributed by atoms with Crippen LogP contribution in [0.15, 0.2) is 71.8 Å². The highest BCUT2D eigenvalue weighted by Crippen LogP contribution is 2.30. The molecule has 34 heavy (non-hydrogen) atoms. The monoisotopic (exact) mass is 494 g/mol. The Morgan fingerprint density at radius 2 is 1.76 bits per heavy atom. The Bertz CT molecular complexity index is 1650. The molecule has 2 heterocycles. The average Bonchev–Trinajstić information content (AvgIpc) is 2.79. The normalized spacial score (nSPS) is 15.2. The largest absolute Gasteiger partial charge is 0.280 e. The van der Waals surface area contributed by atoms with Crippen LogP contribution in [-0.2, 0) is 20.0 Å². The van der Waals surface area contributed by atoms with E-state index in [9.17, 15) is 16.8 Å². The summed E-state index contributed by atoms with van der Waals surface area (Å²) in [6, 6.07) is 17.4. The number of hydrogen-bond acceptors (Lipinski definition) is 6. The number of aromatic nitrogens is 2. The van der Waals surface area contributed by atoms with Crippen LogP contribution in [0.2, 0.25) is 0 Å². The summed E-state index contributed by atoms with van der Waals surface area (Å²) in [6.07, 6.45) is 1.75. The summed E-state index contributed by atoms with van der Waals surface area (Å²) in [4.78, 5) is 9.16. The Kier molecular flexibility index (Phi) is 5.29. The summed E-state index contributed by atoms with van der Waals surface area (Å²) in [6.45, 7) is 3.96. The highest BCUT2D eigenvalue weighted by molar-refractivity contribution is 7.94. The van der Waals surface area contributed by atoms with Crippen LogP contribution in [0.5, 0.6) is 0 Å². The average molecular weight is 495 g/mol. The van der Waals surface area contributed by atoms with Gasteiger partial charge in [0.2, 0.25) is 10.0 Å². The van der Waals surface area contributed by atoms with Gasteiger partial charge in [-0.05, 0) is 61.4 Å². The van der Waals surface area contributed by atoms with Crippen LogP contribution in [0, 0.1) is 13.8 Å². The van der Waals surface area contributed by atoms with Crippen molar-refractivity contribution in [2.24, 2.45) is 0 Å². The van der Waals surface area contributed by atoms with Crippen molar-refractivity contribution in [2.75, 3.05) is 21.3 Å². The maximum absolute atomic E-state index is 13.1. The summed E-state index contributed by atoms with van der Waals surface area (Å²) >= 11 is 0. The van der Waals surface area contributed by atoms with Crippen LogP contribution < -0.4 is 9.03 Å². The standard InChI is InChI=1S/C24H22N4O4S2/c1-16-7-8-19(14-21(16)24-25-15-18-5-3-4-6-22(18)26-24)27-34(31,32)23-10-9-20(13-17(23)2)28-11-12-33(28,29)30/h3-10,13-15,27H,11-12H2,1-2H3. The predicted octanol–water partition coefficient (Wildman–Crippen LogP) is 3.86. The third kappa shape index (κ3) is 3.99. The molecule has 174 valence electrons. The zero-order chi connectivity index (χ0) is 24.1. The summed E-state index contributed by atoms with van der Waals surface area (Å²) in [5.74, 6) is 0.609. The van der Waals surface area contributed by atoms with Crippen molar-refractivity contribution in [3.63, 3.8) is 0 Å². The first-order valence-corrected chi connectivity index (χ1v) is 13.7. The SMILES string of the molecule is Cc1ccc(NS(=O)(=O)c2ccc(N3CCS3(=O)=O)cc2C)cc1-c1ncc2ccccc2n1. The molecule has 3 aromatic carbocycles. The Hall–Kier alpha value is -3.50. The number of hydrogen-bond donors (Lipinski definition) is 1. The van der Waals surface area contributed by atoms with Crippen molar-refractivity contribution in [3.05, 3.63) is 78.0 Å². The predicted molar refractivity (Wildman–Crippen MR) is 133 cm³/mol. The van der Waals surface area contributed by atoms with Gasteiger partial charge in [-0.2, -0.15) is 0 Å². The van der Waals surface area contributed by atoms with E-state index >= 15 is 0 Å². The minimum Gasteiger partial charge on any atom is -0.280 e. The number of aryl methyl sites for hydroxylation is 2. The van der Waals surface area contributed by atoms with Gasteiger partial charge in [0.05, 0.1) is 21.9 Å². The Labute approximate surface area is 198 Å². The van der Waals surface area contributed by atoms with E-state index < -0.39 is 20.0 Å². The van der Waals surface area contributed by atoms with Gasteiger partial charge in [0.15, 0.2) is 5.82 Å². The fourth-order valence-electron chi connectivity index (χ4n) is 3.95. The third-order valence-corrected chi connectivity index (χ3v) is 9.15. The molecular formula is C24H22N4O4S2. The summed E-state index contributed by atoms with van der Waals surface area (Å²) in [5.41, 5.74) is 3.74. The van der Waals surface area contributed by atoms with E-state index in [1.807, 2.05) is 37.3 Å². The van der Waals surface area contributed by atoms with Gasteiger partial charge in [-0.3, -0.25) is 9.03 Å². The van der Waals surface area contributed by atoms with Crippen molar-refractivity contribution >= 4 is 42.3 Å². The minimum atomic E-state index is -3.91. The van der Waals surface area contributed by atoms with E-state index in [0.29, 0.717) is 29.3 Å². The first-order chi connectivity index (χ1) is 16.1. The molecule has 0 saturated carbocycles. The molecule has 1 aromatic heterocycles.